The van der Waals surface area contributed by atoms with Crippen molar-refractivity contribution >= 4 is 29.5 Å². The number of aromatic nitrogens is 1. The van der Waals surface area contributed by atoms with Crippen molar-refractivity contribution in [1.82, 2.24) is 4.98 Å². The molecule has 2 aromatic carbocycles. The van der Waals surface area contributed by atoms with Gasteiger partial charge in [-0.2, -0.15) is 0 Å². The molecular weight excluding hydrogens is 306 g/mol. The topological polar surface area (TPSA) is 50.2 Å². The van der Waals surface area contributed by atoms with Crippen LogP contribution in [0, 0.1) is 0 Å². The van der Waals surface area contributed by atoms with Gasteiger partial charge in [-0.1, -0.05) is 66.7 Å². The summed E-state index contributed by atoms with van der Waals surface area (Å²) in [5.41, 5.74) is 2.79. The summed E-state index contributed by atoms with van der Waals surface area (Å²) >= 11 is 1.42. The zero-order valence-corrected chi connectivity index (χ0v) is 13.2. The first kappa shape index (κ1) is 15.2. The fourth-order valence-electron chi connectivity index (χ4n) is 2.25. The van der Waals surface area contributed by atoms with E-state index in [1.807, 2.05) is 72.8 Å². The largest absolute Gasteiger partial charge is 0.481 e. The number of carboxylic acids is 1. The first-order valence-electron chi connectivity index (χ1n) is 7.22. The molecular formula is C19H15NO2S. The summed E-state index contributed by atoms with van der Waals surface area (Å²) in [6, 6.07) is 19.6. The van der Waals surface area contributed by atoms with Gasteiger partial charge < -0.3 is 5.11 Å². The predicted molar refractivity (Wildman–Crippen MR) is 94.3 cm³/mol. The molecule has 1 N–H and O–H groups in total. The SMILES string of the molecule is O=C(O)Cc1sc(/C=C/c2ccccc2)nc1-c1ccccc1. The molecule has 3 rings (SSSR count). The summed E-state index contributed by atoms with van der Waals surface area (Å²) in [6.45, 7) is 0. The minimum absolute atomic E-state index is 0.0128. The fraction of sp³-hybridized carbons (Fsp3) is 0.0526. The number of rotatable bonds is 5. The maximum absolute atomic E-state index is 11.1. The molecule has 4 heteroatoms. The maximum atomic E-state index is 11.1. The Kier molecular flexibility index (Phi) is 4.64. The van der Waals surface area contributed by atoms with Crippen LogP contribution in [-0.4, -0.2) is 16.1 Å². The van der Waals surface area contributed by atoms with Gasteiger partial charge in [-0.25, -0.2) is 4.98 Å². The molecule has 3 aromatic rings. The van der Waals surface area contributed by atoms with E-state index in [0.717, 1.165) is 26.7 Å². The monoisotopic (exact) mass is 321 g/mol. The van der Waals surface area contributed by atoms with Crippen molar-refractivity contribution < 1.29 is 9.90 Å². The van der Waals surface area contributed by atoms with E-state index in [9.17, 15) is 4.79 Å². The lowest BCUT2D eigenvalue weighted by molar-refractivity contribution is -0.136. The molecule has 0 saturated heterocycles. The van der Waals surface area contributed by atoms with E-state index >= 15 is 0 Å². The molecule has 0 saturated carbocycles. The molecule has 1 heterocycles. The van der Waals surface area contributed by atoms with Crippen LogP contribution in [0.15, 0.2) is 60.7 Å². The third kappa shape index (κ3) is 3.93. The summed E-state index contributed by atoms with van der Waals surface area (Å²) in [4.78, 5) is 16.5. The summed E-state index contributed by atoms with van der Waals surface area (Å²) in [6.07, 6.45) is 3.90. The Morgan fingerprint density at radius 1 is 1.00 bits per heavy atom. The van der Waals surface area contributed by atoms with E-state index < -0.39 is 5.97 Å². The molecule has 0 radical (unpaired) electrons. The average Bonchev–Trinajstić information content (AvgIpc) is 2.97. The normalized spacial score (nSPS) is 11.0. The van der Waals surface area contributed by atoms with Crippen LogP contribution in [0.2, 0.25) is 0 Å². The number of hydrogen-bond acceptors (Lipinski definition) is 3. The van der Waals surface area contributed by atoms with Gasteiger partial charge in [-0.3, -0.25) is 4.79 Å². The maximum Gasteiger partial charge on any atom is 0.308 e. The molecule has 0 bridgehead atoms. The number of benzene rings is 2. The van der Waals surface area contributed by atoms with Gasteiger partial charge in [-0.15, -0.1) is 11.3 Å². The minimum Gasteiger partial charge on any atom is -0.481 e. The van der Waals surface area contributed by atoms with Crippen molar-refractivity contribution in [2.75, 3.05) is 0 Å². The Balaban J connectivity index is 1.95. The molecule has 0 atom stereocenters. The van der Waals surface area contributed by atoms with Gasteiger partial charge in [0.05, 0.1) is 12.1 Å². The predicted octanol–water partition coefficient (Wildman–Crippen LogP) is 4.61. The highest BCUT2D eigenvalue weighted by Crippen LogP contribution is 2.29. The van der Waals surface area contributed by atoms with E-state index in [1.54, 1.807) is 0 Å². The van der Waals surface area contributed by atoms with Crippen molar-refractivity contribution in [2.24, 2.45) is 0 Å². The number of hydrogen-bond donors (Lipinski definition) is 1. The zero-order chi connectivity index (χ0) is 16.1. The van der Waals surface area contributed by atoms with Crippen molar-refractivity contribution in [3.8, 4) is 11.3 Å². The van der Waals surface area contributed by atoms with E-state index in [-0.39, 0.29) is 6.42 Å². The molecule has 1 aromatic heterocycles. The molecule has 0 amide bonds. The molecule has 23 heavy (non-hydrogen) atoms. The van der Waals surface area contributed by atoms with Crippen LogP contribution in [0.25, 0.3) is 23.4 Å². The Morgan fingerprint density at radius 3 is 2.30 bits per heavy atom. The highest BCUT2D eigenvalue weighted by atomic mass is 32.1. The van der Waals surface area contributed by atoms with Gasteiger partial charge in [0.15, 0.2) is 0 Å². The van der Waals surface area contributed by atoms with Crippen molar-refractivity contribution in [3.63, 3.8) is 0 Å². The lowest BCUT2D eigenvalue weighted by atomic mass is 10.1. The lowest BCUT2D eigenvalue weighted by Gasteiger charge is -1.99. The second kappa shape index (κ2) is 7.03. The number of aliphatic carboxylic acids is 1. The molecule has 0 aliphatic carbocycles. The molecule has 0 unspecified atom stereocenters. The third-order valence-corrected chi connectivity index (χ3v) is 4.31. The Hall–Kier alpha value is -2.72. The van der Waals surface area contributed by atoms with E-state index in [2.05, 4.69) is 4.98 Å². The summed E-state index contributed by atoms with van der Waals surface area (Å²) in [5, 5.41) is 9.93. The van der Waals surface area contributed by atoms with Gasteiger partial charge in [0.25, 0.3) is 0 Å². The Labute approximate surface area is 138 Å². The quantitative estimate of drug-likeness (QED) is 0.746. The molecule has 3 nitrogen and oxygen atoms in total. The summed E-state index contributed by atoms with van der Waals surface area (Å²) < 4.78 is 0. The Morgan fingerprint density at radius 2 is 1.65 bits per heavy atom. The lowest BCUT2D eigenvalue weighted by Crippen LogP contribution is -1.99. The van der Waals surface area contributed by atoms with Crippen LogP contribution in [-0.2, 0) is 11.2 Å². The molecule has 0 spiro atoms. The van der Waals surface area contributed by atoms with Gasteiger partial charge in [0, 0.05) is 10.4 Å². The van der Waals surface area contributed by atoms with Crippen molar-refractivity contribution in [3.05, 3.63) is 76.1 Å². The second-order valence-electron chi connectivity index (χ2n) is 5.00. The third-order valence-electron chi connectivity index (χ3n) is 3.29. The number of carbonyl (C=O) groups is 1. The molecule has 0 aliphatic heterocycles. The summed E-state index contributed by atoms with van der Waals surface area (Å²) in [7, 11) is 0. The molecule has 114 valence electrons. The van der Waals surface area contributed by atoms with Crippen LogP contribution < -0.4 is 0 Å². The van der Waals surface area contributed by atoms with Crippen LogP contribution in [0.1, 0.15) is 15.4 Å². The van der Waals surface area contributed by atoms with Crippen LogP contribution in [0.5, 0.6) is 0 Å². The Bertz CT molecular complexity index is 823. The van der Waals surface area contributed by atoms with Gasteiger partial charge >= 0.3 is 5.97 Å². The highest BCUT2D eigenvalue weighted by molar-refractivity contribution is 7.13. The van der Waals surface area contributed by atoms with Crippen LogP contribution >= 0.6 is 11.3 Å². The van der Waals surface area contributed by atoms with Crippen molar-refractivity contribution in [2.45, 2.75) is 6.42 Å². The number of nitrogens with zero attached hydrogens (tertiary/aromatic N) is 1. The van der Waals surface area contributed by atoms with Crippen LogP contribution in [0.3, 0.4) is 0 Å². The number of thiazole rings is 1. The standard InChI is InChI=1S/C19H15NO2S/c21-18(22)13-16-19(15-9-5-2-6-10-15)20-17(23-16)12-11-14-7-3-1-4-8-14/h1-12H,13H2,(H,21,22)/b12-11+. The van der Waals surface area contributed by atoms with Crippen molar-refractivity contribution in [1.29, 1.82) is 0 Å². The summed E-state index contributed by atoms with van der Waals surface area (Å²) in [5.74, 6) is -0.843. The number of carboxylic acid groups (broad SMARTS) is 1. The zero-order valence-electron chi connectivity index (χ0n) is 12.3. The first-order chi connectivity index (χ1) is 11.2. The molecule has 0 aliphatic rings. The highest BCUT2D eigenvalue weighted by Gasteiger charge is 2.14. The first-order valence-corrected chi connectivity index (χ1v) is 8.04. The van der Waals surface area contributed by atoms with E-state index in [1.165, 1.54) is 11.3 Å². The fourth-order valence-corrected chi connectivity index (χ4v) is 3.23. The second-order valence-corrected chi connectivity index (χ2v) is 6.12. The minimum atomic E-state index is -0.843. The average molecular weight is 321 g/mol. The van der Waals surface area contributed by atoms with Gasteiger partial charge in [-0.05, 0) is 11.6 Å². The smallest absolute Gasteiger partial charge is 0.308 e. The molecule has 0 fully saturated rings. The van der Waals surface area contributed by atoms with E-state index in [4.69, 9.17) is 5.11 Å². The van der Waals surface area contributed by atoms with Gasteiger partial charge in [0.2, 0.25) is 0 Å². The van der Waals surface area contributed by atoms with Gasteiger partial charge in [0.1, 0.15) is 5.01 Å². The van der Waals surface area contributed by atoms with E-state index in [0.29, 0.717) is 0 Å². The van der Waals surface area contributed by atoms with Crippen LogP contribution in [0.4, 0.5) is 0 Å².